The largest absolute Gasteiger partial charge is 0.497 e. The summed E-state index contributed by atoms with van der Waals surface area (Å²) in [7, 11) is -2.38. The minimum absolute atomic E-state index is 0.0201. The molecule has 1 heterocycles. The number of hydrogen-bond acceptors (Lipinski definition) is 6. The van der Waals surface area contributed by atoms with Crippen molar-refractivity contribution in [3.8, 4) is 5.75 Å². The molecule has 3 atom stereocenters. The first kappa shape index (κ1) is 26.6. The number of halogens is 1. The molecule has 2 aromatic carbocycles. The van der Waals surface area contributed by atoms with Crippen LogP contribution in [0.15, 0.2) is 48.5 Å². The van der Waals surface area contributed by atoms with Gasteiger partial charge in [-0.3, -0.25) is 9.59 Å². The van der Waals surface area contributed by atoms with E-state index < -0.39 is 45.7 Å². The van der Waals surface area contributed by atoms with E-state index in [9.17, 15) is 22.4 Å². The van der Waals surface area contributed by atoms with E-state index in [0.29, 0.717) is 23.3 Å². The molecule has 0 bridgehead atoms. The van der Waals surface area contributed by atoms with Gasteiger partial charge in [-0.2, -0.15) is 4.31 Å². The minimum atomic E-state index is -3.90. The Bertz CT molecular complexity index is 1120. The van der Waals surface area contributed by atoms with Crippen molar-refractivity contribution < 1.29 is 31.9 Å². The lowest BCUT2D eigenvalue weighted by atomic mass is 9.93. The maximum absolute atomic E-state index is 13.4. The van der Waals surface area contributed by atoms with E-state index in [-0.39, 0.29) is 25.3 Å². The summed E-state index contributed by atoms with van der Waals surface area (Å²) in [5, 5.41) is 2.75. The Morgan fingerprint density at radius 3 is 2.31 bits per heavy atom. The van der Waals surface area contributed by atoms with Gasteiger partial charge in [-0.15, -0.1) is 0 Å². The van der Waals surface area contributed by atoms with Gasteiger partial charge < -0.3 is 14.8 Å². The molecule has 0 radical (unpaired) electrons. The quantitative estimate of drug-likeness (QED) is 0.497. The van der Waals surface area contributed by atoms with Crippen LogP contribution in [0, 0.1) is 11.7 Å². The maximum atomic E-state index is 13.4. The standard InChI is InChI=1S/C25H31FN2O6S/c1-4-14-35(31,32)28-22(24(29)27-16-17-6-10-19(26)11-7-17)15-21(25(30)34-5-2)23(28)18-8-12-20(33-3)13-9-18/h6-13,21-23H,4-5,14-16H2,1-3H3,(H,27,29). The van der Waals surface area contributed by atoms with Gasteiger partial charge in [0.2, 0.25) is 15.9 Å². The van der Waals surface area contributed by atoms with Gasteiger partial charge in [0, 0.05) is 6.54 Å². The zero-order valence-electron chi connectivity index (χ0n) is 20.1. The highest BCUT2D eigenvalue weighted by Gasteiger charge is 2.53. The Hall–Kier alpha value is -2.98. The fraction of sp³-hybridized carbons (Fsp3) is 0.440. The number of amides is 1. The van der Waals surface area contributed by atoms with E-state index in [1.54, 1.807) is 38.1 Å². The van der Waals surface area contributed by atoms with Gasteiger partial charge in [-0.25, -0.2) is 12.8 Å². The van der Waals surface area contributed by atoms with Crippen molar-refractivity contribution >= 4 is 21.9 Å². The predicted molar refractivity (Wildman–Crippen MR) is 128 cm³/mol. The van der Waals surface area contributed by atoms with Crippen molar-refractivity contribution in [1.29, 1.82) is 0 Å². The number of esters is 1. The van der Waals surface area contributed by atoms with Crippen molar-refractivity contribution in [3.63, 3.8) is 0 Å². The summed E-state index contributed by atoms with van der Waals surface area (Å²) in [6.45, 7) is 3.64. The van der Waals surface area contributed by atoms with E-state index in [2.05, 4.69) is 5.32 Å². The predicted octanol–water partition coefficient (Wildman–Crippen LogP) is 3.19. The first-order chi connectivity index (χ1) is 16.7. The molecule has 1 fully saturated rings. The second kappa shape index (κ2) is 11.6. The summed E-state index contributed by atoms with van der Waals surface area (Å²) in [5.74, 6) is -1.94. The molecule has 1 aliphatic heterocycles. The number of nitrogens with zero attached hydrogens (tertiary/aromatic N) is 1. The maximum Gasteiger partial charge on any atom is 0.310 e. The zero-order valence-corrected chi connectivity index (χ0v) is 20.9. The van der Waals surface area contributed by atoms with Crippen LogP contribution in [0.2, 0.25) is 0 Å². The van der Waals surface area contributed by atoms with Crippen LogP contribution in [0.1, 0.15) is 43.9 Å². The molecule has 1 N–H and O–H groups in total. The van der Waals surface area contributed by atoms with E-state index in [4.69, 9.17) is 9.47 Å². The Labute approximate surface area is 205 Å². The van der Waals surface area contributed by atoms with Gasteiger partial charge in [0.25, 0.3) is 0 Å². The lowest BCUT2D eigenvalue weighted by Gasteiger charge is -2.30. The monoisotopic (exact) mass is 506 g/mol. The number of sulfonamides is 1. The highest BCUT2D eigenvalue weighted by molar-refractivity contribution is 7.89. The van der Waals surface area contributed by atoms with Crippen LogP contribution in [-0.2, 0) is 30.9 Å². The Kier molecular flexibility index (Phi) is 8.85. The zero-order chi connectivity index (χ0) is 25.6. The van der Waals surface area contributed by atoms with Gasteiger partial charge in [0.15, 0.2) is 0 Å². The number of ether oxygens (including phenoxy) is 2. The molecule has 8 nitrogen and oxygen atoms in total. The number of nitrogens with one attached hydrogen (secondary N) is 1. The molecule has 190 valence electrons. The van der Waals surface area contributed by atoms with Crippen LogP contribution < -0.4 is 10.1 Å². The van der Waals surface area contributed by atoms with Crippen molar-refractivity contribution in [3.05, 3.63) is 65.5 Å². The van der Waals surface area contributed by atoms with Crippen molar-refractivity contribution in [2.45, 2.75) is 45.3 Å². The van der Waals surface area contributed by atoms with Crippen LogP contribution >= 0.6 is 0 Å². The average Bonchev–Trinajstić information content (AvgIpc) is 3.26. The summed E-state index contributed by atoms with van der Waals surface area (Å²) < 4.78 is 51.7. The van der Waals surface area contributed by atoms with Crippen LogP contribution in [0.4, 0.5) is 4.39 Å². The highest BCUT2D eigenvalue weighted by atomic mass is 32.2. The third-order valence-electron chi connectivity index (χ3n) is 5.95. The van der Waals surface area contributed by atoms with Gasteiger partial charge in [-0.05, 0) is 55.2 Å². The summed E-state index contributed by atoms with van der Waals surface area (Å²) in [5.41, 5.74) is 1.23. The van der Waals surface area contributed by atoms with Crippen LogP contribution in [0.5, 0.6) is 5.75 Å². The molecule has 1 amide bonds. The number of carbonyl (C=O) groups is 2. The molecular weight excluding hydrogens is 475 g/mol. The molecule has 3 rings (SSSR count). The van der Waals surface area contributed by atoms with E-state index >= 15 is 0 Å². The second-order valence-electron chi connectivity index (χ2n) is 8.32. The molecule has 0 aliphatic carbocycles. The molecule has 3 unspecified atom stereocenters. The molecule has 0 aromatic heterocycles. The van der Waals surface area contributed by atoms with E-state index in [1.165, 1.54) is 35.7 Å². The molecular formula is C25H31FN2O6S. The normalized spacial score (nSPS) is 20.4. The summed E-state index contributed by atoms with van der Waals surface area (Å²) in [6.07, 6.45) is 0.329. The summed E-state index contributed by atoms with van der Waals surface area (Å²) in [4.78, 5) is 26.2. The number of methoxy groups -OCH3 is 1. The lowest BCUT2D eigenvalue weighted by molar-refractivity contribution is -0.148. The third-order valence-corrected chi connectivity index (χ3v) is 8.00. The molecule has 2 aromatic rings. The molecule has 35 heavy (non-hydrogen) atoms. The first-order valence-corrected chi connectivity index (χ1v) is 13.2. The lowest BCUT2D eigenvalue weighted by Crippen LogP contribution is -2.47. The summed E-state index contributed by atoms with van der Waals surface area (Å²) in [6, 6.07) is 10.4. The average molecular weight is 507 g/mol. The van der Waals surface area contributed by atoms with Crippen molar-refractivity contribution in [2.24, 2.45) is 5.92 Å². The topological polar surface area (TPSA) is 102 Å². The number of hydrogen-bond donors (Lipinski definition) is 1. The highest BCUT2D eigenvalue weighted by Crippen LogP contribution is 2.44. The molecule has 10 heteroatoms. The third kappa shape index (κ3) is 6.18. The fourth-order valence-corrected chi connectivity index (χ4v) is 6.27. The van der Waals surface area contributed by atoms with E-state index in [0.717, 1.165) is 0 Å². The van der Waals surface area contributed by atoms with Crippen LogP contribution in [0.25, 0.3) is 0 Å². The van der Waals surface area contributed by atoms with Crippen LogP contribution in [0.3, 0.4) is 0 Å². The number of benzene rings is 2. The van der Waals surface area contributed by atoms with Gasteiger partial charge in [0.05, 0.1) is 31.4 Å². The van der Waals surface area contributed by atoms with Crippen LogP contribution in [-0.4, -0.2) is 50.1 Å². The number of carbonyl (C=O) groups excluding carboxylic acids is 2. The van der Waals surface area contributed by atoms with Gasteiger partial charge >= 0.3 is 5.97 Å². The molecule has 1 aliphatic rings. The molecule has 0 saturated carbocycles. The number of rotatable bonds is 10. The van der Waals surface area contributed by atoms with Gasteiger partial charge in [0.1, 0.15) is 17.6 Å². The smallest absolute Gasteiger partial charge is 0.310 e. The SMILES string of the molecule is CCCS(=O)(=O)N1C(C(=O)NCc2ccc(F)cc2)CC(C(=O)OCC)C1c1ccc(OC)cc1. The minimum Gasteiger partial charge on any atom is -0.497 e. The second-order valence-corrected chi connectivity index (χ2v) is 10.3. The summed E-state index contributed by atoms with van der Waals surface area (Å²) >= 11 is 0. The Morgan fingerprint density at radius 2 is 1.74 bits per heavy atom. The first-order valence-electron chi connectivity index (χ1n) is 11.6. The molecule has 1 saturated heterocycles. The van der Waals surface area contributed by atoms with Crippen molar-refractivity contribution in [1.82, 2.24) is 9.62 Å². The van der Waals surface area contributed by atoms with E-state index in [1.807, 2.05) is 0 Å². The Balaban J connectivity index is 1.99. The van der Waals surface area contributed by atoms with Crippen molar-refractivity contribution in [2.75, 3.05) is 19.5 Å². The van der Waals surface area contributed by atoms with Gasteiger partial charge in [-0.1, -0.05) is 31.2 Å². The Morgan fingerprint density at radius 1 is 1.09 bits per heavy atom. The molecule has 0 spiro atoms. The fourth-order valence-electron chi connectivity index (χ4n) is 4.36.